The quantitative estimate of drug-likeness (QED) is 0.812. The largest absolute Gasteiger partial charge is 0.394 e. The number of nitrogens with two attached hydrogens (primary N) is 1. The van der Waals surface area contributed by atoms with Gasteiger partial charge in [-0.05, 0) is 26.0 Å². The van der Waals surface area contributed by atoms with Gasteiger partial charge in [0, 0.05) is 5.69 Å². The smallest absolute Gasteiger partial charge is 0.259 e. The Bertz CT molecular complexity index is 524. The molecule has 2 aromatic heterocycles. The van der Waals surface area contributed by atoms with Gasteiger partial charge in [-0.3, -0.25) is 4.98 Å². The lowest BCUT2D eigenvalue weighted by atomic mass is 10.2. The Morgan fingerprint density at radius 3 is 2.76 bits per heavy atom. The SMILES string of the molecule is Cc1ccc(-c2nc(C(N)CO)no2)c(C)n1. The number of pyridine rings is 1. The number of rotatable bonds is 3. The molecule has 90 valence electrons. The number of hydrogen-bond acceptors (Lipinski definition) is 6. The van der Waals surface area contributed by atoms with E-state index in [-0.39, 0.29) is 6.61 Å². The van der Waals surface area contributed by atoms with Crippen LogP contribution in [0.2, 0.25) is 0 Å². The summed E-state index contributed by atoms with van der Waals surface area (Å²) in [5, 5.41) is 12.6. The van der Waals surface area contributed by atoms with Gasteiger partial charge < -0.3 is 15.4 Å². The molecule has 1 atom stereocenters. The van der Waals surface area contributed by atoms with Crippen molar-refractivity contribution < 1.29 is 9.63 Å². The van der Waals surface area contributed by atoms with E-state index in [1.807, 2.05) is 26.0 Å². The van der Waals surface area contributed by atoms with Crippen LogP contribution in [0.3, 0.4) is 0 Å². The van der Waals surface area contributed by atoms with E-state index in [0.29, 0.717) is 11.7 Å². The van der Waals surface area contributed by atoms with Gasteiger partial charge in [0.15, 0.2) is 5.82 Å². The minimum Gasteiger partial charge on any atom is -0.394 e. The zero-order chi connectivity index (χ0) is 12.4. The molecular weight excluding hydrogens is 220 g/mol. The molecule has 6 nitrogen and oxygen atoms in total. The molecule has 0 bridgehead atoms. The fourth-order valence-corrected chi connectivity index (χ4v) is 1.49. The first-order valence-electron chi connectivity index (χ1n) is 5.26. The maximum atomic E-state index is 8.90. The first-order chi connectivity index (χ1) is 8.11. The standard InChI is InChI=1S/C11H14N4O2/c1-6-3-4-8(7(2)13-6)11-14-10(15-17-11)9(12)5-16/h3-4,9,16H,5,12H2,1-2H3. The maximum absolute atomic E-state index is 8.90. The summed E-state index contributed by atoms with van der Waals surface area (Å²) in [4.78, 5) is 8.45. The van der Waals surface area contributed by atoms with Gasteiger partial charge in [0.1, 0.15) is 0 Å². The lowest BCUT2D eigenvalue weighted by molar-refractivity contribution is 0.260. The normalized spacial score (nSPS) is 12.7. The van der Waals surface area contributed by atoms with E-state index in [0.717, 1.165) is 17.0 Å². The average Bonchev–Trinajstić information content (AvgIpc) is 2.77. The third-order valence-corrected chi connectivity index (χ3v) is 2.43. The van der Waals surface area contributed by atoms with Crippen LogP contribution in [0.1, 0.15) is 23.3 Å². The Morgan fingerprint density at radius 1 is 1.35 bits per heavy atom. The van der Waals surface area contributed by atoms with Gasteiger partial charge in [0.2, 0.25) is 0 Å². The Labute approximate surface area is 98.5 Å². The molecule has 0 aliphatic heterocycles. The first kappa shape index (κ1) is 11.7. The van der Waals surface area contributed by atoms with Gasteiger partial charge >= 0.3 is 0 Å². The van der Waals surface area contributed by atoms with Crippen LogP contribution in [-0.4, -0.2) is 26.8 Å². The van der Waals surface area contributed by atoms with Crippen LogP contribution < -0.4 is 5.73 Å². The van der Waals surface area contributed by atoms with Crippen LogP contribution in [0.15, 0.2) is 16.7 Å². The molecule has 0 amide bonds. The van der Waals surface area contributed by atoms with Crippen molar-refractivity contribution >= 4 is 0 Å². The lowest BCUT2D eigenvalue weighted by Crippen LogP contribution is -2.15. The summed E-state index contributed by atoms with van der Waals surface area (Å²) >= 11 is 0. The van der Waals surface area contributed by atoms with Crippen LogP contribution in [-0.2, 0) is 0 Å². The molecule has 0 saturated carbocycles. The van der Waals surface area contributed by atoms with E-state index in [1.54, 1.807) is 0 Å². The second-order valence-electron chi connectivity index (χ2n) is 3.83. The molecule has 17 heavy (non-hydrogen) atoms. The van der Waals surface area contributed by atoms with Gasteiger partial charge in [-0.2, -0.15) is 4.98 Å². The van der Waals surface area contributed by atoms with E-state index in [2.05, 4.69) is 15.1 Å². The molecule has 2 aromatic rings. The summed E-state index contributed by atoms with van der Waals surface area (Å²) in [6, 6.07) is 3.13. The van der Waals surface area contributed by atoms with Crippen molar-refractivity contribution in [3.63, 3.8) is 0 Å². The van der Waals surface area contributed by atoms with Crippen molar-refractivity contribution in [2.45, 2.75) is 19.9 Å². The van der Waals surface area contributed by atoms with Gasteiger partial charge in [0.05, 0.1) is 23.9 Å². The molecule has 0 aliphatic rings. The van der Waals surface area contributed by atoms with Crippen LogP contribution >= 0.6 is 0 Å². The van der Waals surface area contributed by atoms with E-state index in [4.69, 9.17) is 15.4 Å². The van der Waals surface area contributed by atoms with Crippen LogP contribution in [0, 0.1) is 13.8 Å². The zero-order valence-electron chi connectivity index (χ0n) is 9.71. The molecule has 1 unspecified atom stereocenters. The number of hydrogen-bond donors (Lipinski definition) is 2. The average molecular weight is 234 g/mol. The number of nitrogens with zero attached hydrogens (tertiary/aromatic N) is 3. The molecule has 0 aliphatic carbocycles. The molecule has 0 saturated heterocycles. The fraction of sp³-hybridized carbons (Fsp3) is 0.364. The highest BCUT2D eigenvalue weighted by Crippen LogP contribution is 2.21. The van der Waals surface area contributed by atoms with Crippen LogP contribution in [0.25, 0.3) is 11.5 Å². The van der Waals surface area contributed by atoms with Gasteiger partial charge in [0.25, 0.3) is 5.89 Å². The van der Waals surface area contributed by atoms with Crippen molar-refractivity contribution in [1.82, 2.24) is 15.1 Å². The van der Waals surface area contributed by atoms with E-state index in [9.17, 15) is 0 Å². The molecule has 0 aromatic carbocycles. The van der Waals surface area contributed by atoms with Gasteiger partial charge in [-0.15, -0.1) is 0 Å². The Morgan fingerprint density at radius 2 is 2.12 bits per heavy atom. The summed E-state index contributed by atoms with van der Waals surface area (Å²) in [6.45, 7) is 3.57. The molecule has 0 fully saturated rings. The molecular formula is C11H14N4O2. The van der Waals surface area contributed by atoms with Crippen molar-refractivity contribution in [1.29, 1.82) is 0 Å². The second kappa shape index (κ2) is 4.60. The van der Waals surface area contributed by atoms with Crippen LogP contribution in [0.4, 0.5) is 0 Å². The van der Waals surface area contributed by atoms with Crippen molar-refractivity contribution in [2.24, 2.45) is 5.73 Å². The summed E-state index contributed by atoms with van der Waals surface area (Å²) in [5.74, 6) is 0.663. The molecule has 3 N–H and O–H groups in total. The van der Waals surface area contributed by atoms with E-state index >= 15 is 0 Å². The number of aromatic nitrogens is 3. The van der Waals surface area contributed by atoms with Gasteiger partial charge in [-0.1, -0.05) is 5.16 Å². The minimum absolute atomic E-state index is 0.218. The molecule has 6 heteroatoms. The molecule has 2 rings (SSSR count). The Kier molecular flexibility index (Phi) is 3.16. The van der Waals surface area contributed by atoms with Crippen molar-refractivity contribution in [2.75, 3.05) is 6.61 Å². The number of aliphatic hydroxyl groups is 1. The maximum Gasteiger partial charge on any atom is 0.259 e. The third kappa shape index (κ3) is 2.32. The van der Waals surface area contributed by atoms with E-state index in [1.165, 1.54) is 0 Å². The van der Waals surface area contributed by atoms with Gasteiger partial charge in [-0.25, -0.2) is 0 Å². The van der Waals surface area contributed by atoms with Crippen molar-refractivity contribution in [3.8, 4) is 11.5 Å². The number of aliphatic hydroxyl groups excluding tert-OH is 1. The Balaban J connectivity index is 2.37. The minimum atomic E-state index is -0.619. The summed E-state index contributed by atoms with van der Waals surface area (Å²) < 4.78 is 5.10. The Hall–Kier alpha value is -1.79. The zero-order valence-corrected chi connectivity index (χ0v) is 9.71. The molecule has 0 spiro atoms. The highest BCUT2D eigenvalue weighted by atomic mass is 16.5. The highest BCUT2D eigenvalue weighted by molar-refractivity contribution is 5.55. The van der Waals surface area contributed by atoms with E-state index < -0.39 is 6.04 Å². The third-order valence-electron chi connectivity index (χ3n) is 2.43. The summed E-state index contributed by atoms with van der Waals surface area (Å²) in [7, 11) is 0. The summed E-state index contributed by atoms with van der Waals surface area (Å²) in [6.07, 6.45) is 0. The first-order valence-corrected chi connectivity index (χ1v) is 5.26. The highest BCUT2D eigenvalue weighted by Gasteiger charge is 2.16. The monoisotopic (exact) mass is 234 g/mol. The number of aryl methyl sites for hydroxylation is 2. The predicted octanol–water partition coefficient (Wildman–Crippen LogP) is 0.741. The molecule has 0 radical (unpaired) electrons. The molecule has 2 heterocycles. The lowest BCUT2D eigenvalue weighted by Gasteiger charge is -2.01. The van der Waals surface area contributed by atoms with Crippen LogP contribution in [0.5, 0.6) is 0 Å². The summed E-state index contributed by atoms with van der Waals surface area (Å²) in [5.41, 5.74) is 8.12. The van der Waals surface area contributed by atoms with Crippen molar-refractivity contribution in [3.05, 3.63) is 29.3 Å². The topological polar surface area (TPSA) is 98.1 Å². The fourth-order valence-electron chi connectivity index (χ4n) is 1.49. The predicted molar refractivity (Wildman–Crippen MR) is 61.0 cm³/mol. The second-order valence-corrected chi connectivity index (χ2v) is 3.83.